The van der Waals surface area contributed by atoms with Crippen molar-refractivity contribution in [1.29, 1.82) is 0 Å². The molecule has 20 heavy (non-hydrogen) atoms. The van der Waals surface area contributed by atoms with E-state index in [2.05, 4.69) is 18.0 Å². The van der Waals surface area contributed by atoms with E-state index in [1.54, 1.807) is 0 Å². The van der Waals surface area contributed by atoms with Gasteiger partial charge in [0.15, 0.2) is 0 Å². The summed E-state index contributed by atoms with van der Waals surface area (Å²) >= 11 is 0. The number of aryl methyl sites for hydroxylation is 1. The highest BCUT2D eigenvalue weighted by Gasteiger charge is 2.49. The maximum Gasteiger partial charge on any atom is 0.130 e. The number of aromatic nitrogens is 2. The lowest BCUT2D eigenvalue weighted by atomic mass is 9.51. The van der Waals surface area contributed by atoms with Gasteiger partial charge in [0.05, 0.1) is 0 Å². The summed E-state index contributed by atoms with van der Waals surface area (Å²) in [6.45, 7) is 2.74. The fourth-order valence-electron chi connectivity index (χ4n) is 5.48. The van der Waals surface area contributed by atoms with Crippen molar-refractivity contribution in [1.82, 2.24) is 9.97 Å². The molecule has 4 aliphatic rings. The van der Waals surface area contributed by atoms with E-state index < -0.39 is 0 Å². The molecule has 1 aromatic rings. The predicted molar refractivity (Wildman–Crippen MR) is 79.3 cm³/mol. The minimum absolute atomic E-state index is 0.643. The van der Waals surface area contributed by atoms with Crippen LogP contribution in [0.5, 0.6) is 0 Å². The van der Waals surface area contributed by atoms with Crippen LogP contribution in [0.3, 0.4) is 0 Å². The molecule has 1 heterocycles. The number of nitrogens with two attached hydrogens (primary N) is 1. The van der Waals surface area contributed by atoms with Crippen LogP contribution in [0.2, 0.25) is 0 Å². The lowest BCUT2D eigenvalue weighted by Gasteiger charge is -2.54. The summed E-state index contributed by atoms with van der Waals surface area (Å²) < 4.78 is 0. The molecule has 0 saturated heterocycles. The minimum atomic E-state index is 0.643. The topological polar surface area (TPSA) is 51.8 Å². The summed E-state index contributed by atoms with van der Waals surface area (Å²) in [6.07, 6.45) is 8.13. The van der Waals surface area contributed by atoms with Crippen molar-refractivity contribution in [2.75, 3.05) is 6.54 Å². The van der Waals surface area contributed by atoms with Crippen LogP contribution in [0.4, 0.5) is 0 Å². The Morgan fingerprint density at radius 1 is 1.05 bits per heavy atom. The van der Waals surface area contributed by atoms with Gasteiger partial charge in [-0.1, -0.05) is 0 Å². The SMILES string of the molecule is Cc1cc(C2C3CC4CC(C3)CC2C4)nc(CCN)n1. The zero-order valence-corrected chi connectivity index (χ0v) is 12.4. The molecule has 4 bridgehead atoms. The van der Waals surface area contributed by atoms with Crippen molar-refractivity contribution >= 4 is 0 Å². The first-order chi connectivity index (χ1) is 9.72. The Hall–Kier alpha value is -0.960. The van der Waals surface area contributed by atoms with Crippen molar-refractivity contribution in [3.05, 3.63) is 23.3 Å². The lowest BCUT2D eigenvalue weighted by molar-refractivity contribution is -0.00427. The highest BCUT2D eigenvalue weighted by atomic mass is 14.9. The molecule has 4 saturated carbocycles. The lowest BCUT2D eigenvalue weighted by Crippen LogP contribution is -2.44. The molecule has 5 rings (SSSR count). The molecule has 4 fully saturated rings. The van der Waals surface area contributed by atoms with Gasteiger partial charge in [-0.25, -0.2) is 9.97 Å². The first kappa shape index (κ1) is 12.8. The zero-order chi connectivity index (χ0) is 13.7. The molecule has 0 spiro atoms. The van der Waals surface area contributed by atoms with Crippen molar-refractivity contribution in [2.45, 2.75) is 51.4 Å². The summed E-state index contributed by atoms with van der Waals surface area (Å²) in [5.74, 6) is 5.51. The maximum absolute atomic E-state index is 5.68. The van der Waals surface area contributed by atoms with Gasteiger partial charge in [-0.05, 0) is 75.3 Å². The second kappa shape index (κ2) is 4.80. The smallest absolute Gasteiger partial charge is 0.130 e. The van der Waals surface area contributed by atoms with Crippen LogP contribution >= 0.6 is 0 Å². The summed E-state index contributed by atoms with van der Waals surface area (Å²) in [6, 6.07) is 2.24. The Balaban J connectivity index is 1.67. The molecule has 0 amide bonds. The molecule has 3 nitrogen and oxygen atoms in total. The Morgan fingerprint density at radius 2 is 1.70 bits per heavy atom. The second-order valence-corrected chi connectivity index (χ2v) is 7.35. The normalized spacial score (nSPS) is 38.4. The van der Waals surface area contributed by atoms with Gasteiger partial charge in [0.1, 0.15) is 5.82 Å². The molecule has 1 aromatic heterocycles. The van der Waals surface area contributed by atoms with E-state index in [1.807, 2.05) is 0 Å². The van der Waals surface area contributed by atoms with Crippen LogP contribution in [0.15, 0.2) is 6.07 Å². The maximum atomic E-state index is 5.68. The van der Waals surface area contributed by atoms with E-state index >= 15 is 0 Å². The number of nitrogens with zero attached hydrogens (tertiary/aromatic N) is 2. The van der Waals surface area contributed by atoms with Crippen LogP contribution in [0.25, 0.3) is 0 Å². The van der Waals surface area contributed by atoms with Crippen LogP contribution in [0, 0.1) is 30.6 Å². The summed E-state index contributed by atoms with van der Waals surface area (Å²) in [7, 11) is 0. The fourth-order valence-corrected chi connectivity index (χ4v) is 5.48. The van der Waals surface area contributed by atoms with Gasteiger partial charge in [0.25, 0.3) is 0 Å². The van der Waals surface area contributed by atoms with Crippen molar-refractivity contribution < 1.29 is 0 Å². The monoisotopic (exact) mass is 271 g/mol. The van der Waals surface area contributed by atoms with Crippen LogP contribution in [-0.2, 0) is 6.42 Å². The van der Waals surface area contributed by atoms with Gasteiger partial charge in [0.2, 0.25) is 0 Å². The van der Waals surface area contributed by atoms with Crippen molar-refractivity contribution in [3.8, 4) is 0 Å². The summed E-state index contributed by atoms with van der Waals surface area (Å²) in [4.78, 5) is 9.42. The summed E-state index contributed by atoms with van der Waals surface area (Å²) in [5.41, 5.74) is 8.12. The third-order valence-electron chi connectivity index (χ3n) is 5.86. The number of rotatable bonds is 3. The average molecular weight is 271 g/mol. The minimum Gasteiger partial charge on any atom is -0.330 e. The first-order valence-electron chi connectivity index (χ1n) is 8.27. The Bertz CT molecular complexity index is 483. The van der Waals surface area contributed by atoms with E-state index in [4.69, 9.17) is 10.7 Å². The number of hydrogen-bond acceptors (Lipinski definition) is 3. The third kappa shape index (κ3) is 2.07. The molecular formula is C17H25N3. The quantitative estimate of drug-likeness (QED) is 0.919. The molecular weight excluding hydrogens is 246 g/mol. The molecule has 4 aliphatic carbocycles. The van der Waals surface area contributed by atoms with Gasteiger partial charge in [-0.3, -0.25) is 0 Å². The van der Waals surface area contributed by atoms with E-state index in [0.717, 1.165) is 41.6 Å². The molecule has 0 aliphatic heterocycles. The Kier molecular flexibility index (Phi) is 3.06. The second-order valence-electron chi connectivity index (χ2n) is 7.35. The fraction of sp³-hybridized carbons (Fsp3) is 0.765. The average Bonchev–Trinajstić information content (AvgIpc) is 2.37. The predicted octanol–water partition coefficient (Wildman–Crippen LogP) is 2.83. The van der Waals surface area contributed by atoms with E-state index in [-0.39, 0.29) is 0 Å². The van der Waals surface area contributed by atoms with Gasteiger partial charge in [0, 0.05) is 23.7 Å². The van der Waals surface area contributed by atoms with Crippen molar-refractivity contribution in [3.63, 3.8) is 0 Å². The van der Waals surface area contributed by atoms with Crippen LogP contribution in [0.1, 0.15) is 55.2 Å². The molecule has 2 N–H and O–H groups in total. The van der Waals surface area contributed by atoms with Gasteiger partial charge in [-0.2, -0.15) is 0 Å². The van der Waals surface area contributed by atoms with Gasteiger partial charge in [-0.15, -0.1) is 0 Å². The van der Waals surface area contributed by atoms with E-state index in [1.165, 1.54) is 37.8 Å². The first-order valence-corrected chi connectivity index (χ1v) is 8.27. The number of hydrogen-bond donors (Lipinski definition) is 1. The zero-order valence-electron chi connectivity index (χ0n) is 12.4. The molecule has 0 radical (unpaired) electrons. The van der Waals surface area contributed by atoms with E-state index in [0.29, 0.717) is 12.5 Å². The largest absolute Gasteiger partial charge is 0.330 e. The molecule has 0 aromatic carbocycles. The standard InChI is InChI=1S/C17H25N3/c1-10-4-15(20-16(19-10)2-3-18)17-13-6-11-5-12(8-13)9-14(17)7-11/h4,11-14,17H,2-3,5-9,18H2,1H3. The van der Waals surface area contributed by atoms with Gasteiger partial charge >= 0.3 is 0 Å². The molecule has 3 heteroatoms. The Labute approximate surface area is 121 Å². The highest BCUT2D eigenvalue weighted by molar-refractivity contribution is 5.20. The molecule has 108 valence electrons. The van der Waals surface area contributed by atoms with Crippen molar-refractivity contribution in [2.24, 2.45) is 29.4 Å². The van der Waals surface area contributed by atoms with Crippen LogP contribution < -0.4 is 5.73 Å². The summed E-state index contributed by atoms with van der Waals surface area (Å²) in [5, 5.41) is 0. The van der Waals surface area contributed by atoms with Crippen LogP contribution in [-0.4, -0.2) is 16.5 Å². The van der Waals surface area contributed by atoms with E-state index in [9.17, 15) is 0 Å². The highest BCUT2D eigenvalue weighted by Crippen LogP contribution is 2.59. The van der Waals surface area contributed by atoms with Gasteiger partial charge < -0.3 is 5.73 Å². The molecule has 0 unspecified atom stereocenters. The Morgan fingerprint density at radius 3 is 2.30 bits per heavy atom. The molecule has 0 atom stereocenters. The third-order valence-corrected chi connectivity index (χ3v) is 5.86.